The molecule has 58 valence electrons. The van der Waals surface area contributed by atoms with Crippen molar-refractivity contribution in [3.8, 4) is 11.8 Å². The van der Waals surface area contributed by atoms with Crippen LogP contribution in [0.1, 0.15) is 39.5 Å². The van der Waals surface area contributed by atoms with Gasteiger partial charge < -0.3 is 0 Å². The molecule has 0 aliphatic rings. The summed E-state index contributed by atoms with van der Waals surface area (Å²) in [5.41, 5.74) is 0. The third kappa shape index (κ3) is 7.85. The fraction of sp³-hybridized carbons (Fsp3) is 0.778. The van der Waals surface area contributed by atoms with Gasteiger partial charge in [0.2, 0.25) is 0 Å². The molecule has 1 atom stereocenters. The lowest BCUT2D eigenvalue weighted by molar-refractivity contribution is 0.685. The van der Waals surface area contributed by atoms with Crippen LogP contribution in [0.15, 0.2) is 0 Å². The number of hydrogen-bond donors (Lipinski definition) is 0. The second-order valence-corrected chi connectivity index (χ2v) is 3.20. The van der Waals surface area contributed by atoms with E-state index in [1.165, 1.54) is 12.8 Å². The van der Waals surface area contributed by atoms with Crippen molar-refractivity contribution < 1.29 is 0 Å². The van der Waals surface area contributed by atoms with Crippen LogP contribution >= 0.6 is 11.6 Å². The monoisotopic (exact) mass is 158 g/mol. The molecule has 0 aromatic heterocycles. The molecule has 0 nitrogen and oxygen atoms in total. The number of hydrogen-bond acceptors (Lipinski definition) is 0. The number of rotatable bonds is 4. The molecule has 0 bridgehead atoms. The van der Waals surface area contributed by atoms with Crippen molar-refractivity contribution in [2.24, 2.45) is 0 Å². The van der Waals surface area contributed by atoms with Crippen molar-refractivity contribution in [1.82, 2.24) is 0 Å². The zero-order chi connectivity index (χ0) is 7.82. The summed E-state index contributed by atoms with van der Waals surface area (Å²) in [6, 6.07) is 0. The van der Waals surface area contributed by atoms with Gasteiger partial charge in [0.25, 0.3) is 0 Å². The molecule has 0 spiro atoms. The smallest absolute Gasteiger partial charge is 0.0307 e. The number of halogens is 1. The van der Waals surface area contributed by atoms with Gasteiger partial charge in [-0.05, 0) is 26.7 Å². The Kier molecular flexibility index (Phi) is 6.86. The molecule has 1 unspecified atom stereocenters. The molecule has 0 aromatic carbocycles. The van der Waals surface area contributed by atoms with Crippen LogP contribution in [0.25, 0.3) is 0 Å². The van der Waals surface area contributed by atoms with E-state index in [9.17, 15) is 0 Å². The highest BCUT2D eigenvalue weighted by Gasteiger charge is 1.93. The SMILES string of the molecule is CC#CCCCCC(C)Cl. The van der Waals surface area contributed by atoms with Gasteiger partial charge >= 0.3 is 0 Å². The van der Waals surface area contributed by atoms with Crippen molar-refractivity contribution in [1.29, 1.82) is 0 Å². The van der Waals surface area contributed by atoms with E-state index in [-0.39, 0.29) is 0 Å². The van der Waals surface area contributed by atoms with Crippen LogP contribution in [0, 0.1) is 11.8 Å². The van der Waals surface area contributed by atoms with E-state index < -0.39 is 0 Å². The zero-order valence-electron chi connectivity index (χ0n) is 6.78. The summed E-state index contributed by atoms with van der Waals surface area (Å²) in [6.07, 6.45) is 4.55. The summed E-state index contributed by atoms with van der Waals surface area (Å²) < 4.78 is 0. The fourth-order valence-corrected chi connectivity index (χ4v) is 0.918. The quantitative estimate of drug-likeness (QED) is 0.335. The lowest BCUT2D eigenvalue weighted by atomic mass is 10.1. The third-order valence-electron chi connectivity index (χ3n) is 1.33. The number of unbranched alkanes of at least 4 members (excludes halogenated alkanes) is 2. The van der Waals surface area contributed by atoms with E-state index in [0.29, 0.717) is 5.38 Å². The van der Waals surface area contributed by atoms with Crippen molar-refractivity contribution in [3.05, 3.63) is 0 Å². The van der Waals surface area contributed by atoms with Gasteiger partial charge in [0.1, 0.15) is 0 Å². The summed E-state index contributed by atoms with van der Waals surface area (Å²) >= 11 is 5.75. The lowest BCUT2D eigenvalue weighted by Crippen LogP contribution is -1.89. The minimum Gasteiger partial charge on any atom is -0.123 e. The van der Waals surface area contributed by atoms with Gasteiger partial charge in [-0.2, -0.15) is 0 Å². The Labute approximate surface area is 69.0 Å². The minimum atomic E-state index is 0.328. The second kappa shape index (κ2) is 6.96. The van der Waals surface area contributed by atoms with Gasteiger partial charge in [-0.15, -0.1) is 23.4 Å². The highest BCUT2D eigenvalue weighted by molar-refractivity contribution is 6.20. The van der Waals surface area contributed by atoms with Gasteiger partial charge in [0.05, 0.1) is 0 Å². The number of alkyl halides is 1. The first-order valence-corrected chi connectivity index (χ1v) is 4.24. The first-order valence-electron chi connectivity index (χ1n) is 3.81. The van der Waals surface area contributed by atoms with Crippen LogP contribution in [0.4, 0.5) is 0 Å². The van der Waals surface area contributed by atoms with E-state index in [1.807, 2.05) is 13.8 Å². The van der Waals surface area contributed by atoms with E-state index in [2.05, 4.69) is 11.8 Å². The first kappa shape index (κ1) is 9.85. The lowest BCUT2D eigenvalue weighted by Gasteiger charge is -1.98. The Morgan fingerprint density at radius 1 is 1.40 bits per heavy atom. The molecular weight excluding hydrogens is 144 g/mol. The summed E-state index contributed by atoms with van der Waals surface area (Å²) in [4.78, 5) is 0. The summed E-state index contributed by atoms with van der Waals surface area (Å²) in [5, 5.41) is 0.328. The molecule has 0 heterocycles. The average Bonchev–Trinajstić information content (AvgIpc) is 1.87. The molecule has 0 aliphatic carbocycles. The molecule has 10 heavy (non-hydrogen) atoms. The zero-order valence-corrected chi connectivity index (χ0v) is 7.54. The minimum absolute atomic E-state index is 0.328. The molecule has 0 aromatic rings. The molecule has 0 rings (SSSR count). The normalized spacial score (nSPS) is 11.9. The highest BCUT2D eigenvalue weighted by atomic mass is 35.5. The van der Waals surface area contributed by atoms with Crippen molar-refractivity contribution in [2.45, 2.75) is 44.9 Å². The van der Waals surface area contributed by atoms with Crippen LogP contribution in [0.2, 0.25) is 0 Å². The van der Waals surface area contributed by atoms with E-state index in [1.54, 1.807) is 0 Å². The predicted molar refractivity (Wildman–Crippen MR) is 47.2 cm³/mol. The Bertz CT molecular complexity index is 116. The van der Waals surface area contributed by atoms with Gasteiger partial charge in [-0.3, -0.25) is 0 Å². The standard InChI is InChI=1S/C9H15Cl/c1-3-4-5-6-7-8-9(2)10/h9H,5-8H2,1-2H3. The fourth-order valence-electron chi connectivity index (χ4n) is 0.764. The molecule has 0 radical (unpaired) electrons. The molecule has 0 amide bonds. The van der Waals surface area contributed by atoms with Crippen molar-refractivity contribution in [3.63, 3.8) is 0 Å². The largest absolute Gasteiger partial charge is 0.123 e. The Morgan fingerprint density at radius 3 is 2.60 bits per heavy atom. The Morgan fingerprint density at radius 2 is 2.10 bits per heavy atom. The van der Waals surface area contributed by atoms with Crippen LogP contribution in [0.3, 0.4) is 0 Å². The Hall–Kier alpha value is -0.150. The molecular formula is C9H15Cl. The van der Waals surface area contributed by atoms with Crippen LogP contribution in [0.5, 0.6) is 0 Å². The highest BCUT2D eigenvalue weighted by Crippen LogP contribution is 2.07. The van der Waals surface area contributed by atoms with E-state index in [0.717, 1.165) is 12.8 Å². The maximum atomic E-state index is 5.75. The molecule has 0 saturated carbocycles. The molecule has 0 fully saturated rings. The van der Waals surface area contributed by atoms with Gasteiger partial charge in [-0.25, -0.2) is 0 Å². The van der Waals surface area contributed by atoms with Crippen LogP contribution in [-0.4, -0.2) is 5.38 Å². The average molecular weight is 159 g/mol. The summed E-state index contributed by atoms with van der Waals surface area (Å²) in [6.45, 7) is 3.91. The second-order valence-electron chi connectivity index (χ2n) is 2.45. The van der Waals surface area contributed by atoms with E-state index in [4.69, 9.17) is 11.6 Å². The first-order chi connectivity index (χ1) is 4.77. The summed E-state index contributed by atoms with van der Waals surface area (Å²) in [5.74, 6) is 5.90. The van der Waals surface area contributed by atoms with Crippen LogP contribution in [-0.2, 0) is 0 Å². The maximum absolute atomic E-state index is 5.75. The van der Waals surface area contributed by atoms with Crippen LogP contribution < -0.4 is 0 Å². The molecule has 1 heteroatoms. The van der Waals surface area contributed by atoms with Crippen molar-refractivity contribution in [2.75, 3.05) is 0 Å². The Balaban J connectivity index is 2.96. The van der Waals surface area contributed by atoms with Gasteiger partial charge in [0.15, 0.2) is 0 Å². The molecule has 0 saturated heterocycles. The van der Waals surface area contributed by atoms with Gasteiger partial charge in [-0.1, -0.05) is 6.42 Å². The predicted octanol–water partition coefficient (Wildman–Crippen LogP) is 3.20. The molecule has 0 aliphatic heterocycles. The van der Waals surface area contributed by atoms with Gasteiger partial charge in [0, 0.05) is 11.8 Å². The summed E-state index contributed by atoms with van der Waals surface area (Å²) in [7, 11) is 0. The topological polar surface area (TPSA) is 0 Å². The van der Waals surface area contributed by atoms with E-state index >= 15 is 0 Å². The van der Waals surface area contributed by atoms with Crippen molar-refractivity contribution >= 4 is 11.6 Å². The molecule has 0 N–H and O–H groups in total. The maximum Gasteiger partial charge on any atom is 0.0307 e. The third-order valence-corrected chi connectivity index (χ3v) is 1.55.